The number of rotatable bonds is 3. The van der Waals surface area contributed by atoms with Gasteiger partial charge in [0, 0.05) is 4.88 Å². The summed E-state index contributed by atoms with van der Waals surface area (Å²) in [5.41, 5.74) is 4.34. The highest BCUT2D eigenvalue weighted by Crippen LogP contribution is 2.35. The van der Waals surface area contributed by atoms with Crippen LogP contribution in [0.5, 0.6) is 5.75 Å². The van der Waals surface area contributed by atoms with Gasteiger partial charge in [-0.1, -0.05) is 0 Å². The van der Waals surface area contributed by atoms with Crippen molar-refractivity contribution in [1.29, 1.82) is 0 Å². The number of benzene rings is 1. The largest absolute Gasteiger partial charge is 0.497 e. The number of aromatic nitrogens is 2. The van der Waals surface area contributed by atoms with Crippen molar-refractivity contribution in [2.75, 3.05) is 12.5 Å². The predicted octanol–water partition coefficient (Wildman–Crippen LogP) is 2.23. The first-order valence-electron chi connectivity index (χ1n) is 7.41. The second kappa shape index (κ2) is 5.36. The molecule has 23 heavy (non-hydrogen) atoms. The average molecular weight is 328 g/mol. The van der Waals surface area contributed by atoms with Gasteiger partial charge < -0.3 is 4.74 Å². The lowest BCUT2D eigenvalue weighted by molar-refractivity contribution is 0.414. The van der Waals surface area contributed by atoms with Gasteiger partial charge in [-0.3, -0.25) is 10.2 Å². The van der Waals surface area contributed by atoms with E-state index in [2.05, 4.69) is 10.4 Å². The Bertz CT molecular complexity index is 943. The maximum absolute atomic E-state index is 13.1. The molecule has 2 aromatic heterocycles. The molecule has 6 nitrogen and oxygen atoms in total. The molecule has 0 saturated heterocycles. The van der Waals surface area contributed by atoms with Gasteiger partial charge in [0.1, 0.15) is 10.6 Å². The lowest BCUT2D eigenvalue weighted by Gasteiger charge is -2.12. The lowest BCUT2D eigenvalue weighted by atomic mass is 10.2. The number of aryl methyl sites for hydroxylation is 2. The molecule has 1 aliphatic rings. The molecule has 0 radical (unpaired) electrons. The average Bonchev–Trinajstić information content (AvgIpc) is 3.15. The Morgan fingerprint density at radius 2 is 2.09 bits per heavy atom. The summed E-state index contributed by atoms with van der Waals surface area (Å²) in [4.78, 5) is 19.7. The van der Waals surface area contributed by atoms with Crippen molar-refractivity contribution in [2.24, 2.45) is 5.84 Å². The molecule has 3 N–H and O–H groups in total. The van der Waals surface area contributed by atoms with Gasteiger partial charge in [-0.25, -0.2) is 15.4 Å². The minimum Gasteiger partial charge on any atom is -0.497 e. The summed E-state index contributed by atoms with van der Waals surface area (Å²) in [6, 6.07) is 7.26. The summed E-state index contributed by atoms with van der Waals surface area (Å²) in [5, 5.41) is 0.734. The monoisotopic (exact) mass is 328 g/mol. The van der Waals surface area contributed by atoms with Crippen LogP contribution in [0.4, 0.5) is 5.95 Å². The zero-order valence-electron chi connectivity index (χ0n) is 12.6. The summed E-state index contributed by atoms with van der Waals surface area (Å²) in [7, 11) is 1.61. The van der Waals surface area contributed by atoms with E-state index < -0.39 is 0 Å². The van der Waals surface area contributed by atoms with Crippen LogP contribution < -0.4 is 21.6 Å². The molecule has 118 valence electrons. The van der Waals surface area contributed by atoms with E-state index in [1.807, 2.05) is 24.3 Å². The molecule has 7 heteroatoms. The van der Waals surface area contributed by atoms with E-state index in [1.54, 1.807) is 18.4 Å². The minimum absolute atomic E-state index is 0.0764. The van der Waals surface area contributed by atoms with Crippen LogP contribution in [-0.2, 0) is 12.8 Å². The maximum Gasteiger partial charge on any atom is 0.268 e. The van der Waals surface area contributed by atoms with Crippen molar-refractivity contribution in [3.8, 4) is 11.4 Å². The van der Waals surface area contributed by atoms with Crippen LogP contribution in [0.1, 0.15) is 16.9 Å². The molecular weight excluding hydrogens is 312 g/mol. The van der Waals surface area contributed by atoms with Gasteiger partial charge in [0.25, 0.3) is 5.56 Å². The first-order valence-corrected chi connectivity index (χ1v) is 8.23. The SMILES string of the molecule is COc1ccc(-n2c(NN)nc3sc4c(c3c2=O)CCC4)cc1. The molecular formula is C16H16N4O2S. The number of anilines is 1. The molecule has 0 amide bonds. The third-order valence-electron chi connectivity index (χ3n) is 4.20. The van der Waals surface area contributed by atoms with E-state index >= 15 is 0 Å². The summed E-state index contributed by atoms with van der Waals surface area (Å²) in [6.45, 7) is 0. The first kappa shape index (κ1) is 14.2. The number of nitrogens with one attached hydrogen (secondary N) is 1. The van der Waals surface area contributed by atoms with Gasteiger partial charge in [-0.2, -0.15) is 0 Å². The van der Waals surface area contributed by atoms with Crippen LogP contribution in [0.25, 0.3) is 15.9 Å². The highest BCUT2D eigenvalue weighted by molar-refractivity contribution is 7.18. The molecule has 4 rings (SSSR count). The van der Waals surface area contributed by atoms with Gasteiger partial charge in [0.05, 0.1) is 18.2 Å². The molecule has 0 fully saturated rings. The van der Waals surface area contributed by atoms with Crippen LogP contribution in [0.15, 0.2) is 29.1 Å². The second-order valence-electron chi connectivity index (χ2n) is 5.46. The Balaban J connectivity index is 2.00. The number of fused-ring (bicyclic) bond motifs is 3. The second-order valence-corrected chi connectivity index (χ2v) is 6.54. The zero-order valence-corrected chi connectivity index (χ0v) is 13.4. The van der Waals surface area contributed by atoms with Gasteiger partial charge in [-0.05, 0) is 49.1 Å². The molecule has 0 spiro atoms. The van der Waals surface area contributed by atoms with Crippen molar-refractivity contribution < 1.29 is 4.74 Å². The van der Waals surface area contributed by atoms with Crippen LogP contribution in [0.2, 0.25) is 0 Å². The molecule has 0 aliphatic heterocycles. The minimum atomic E-state index is -0.0764. The normalized spacial score (nSPS) is 13.3. The van der Waals surface area contributed by atoms with E-state index in [9.17, 15) is 4.79 Å². The lowest BCUT2D eigenvalue weighted by Crippen LogP contribution is -2.25. The number of methoxy groups -OCH3 is 1. The van der Waals surface area contributed by atoms with E-state index in [1.165, 1.54) is 9.44 Å². The number of hydrogen-bond acceptors (Lipinski definition) is 6. The van der Waals surface area contributed by atoms with Crippen molar-refractivity contribution in [2.45, 2.75) is 19.3 Å². The van der Waals surface area contributed by atoms with Gasteiger partial charge in [0.15, 0.2) is 0 Å². The number of hydrogen-bond donors (Lipinski definition) is 2. The number of thiophene rings is 1. The van der Waals surface area contributed by atoms with Crippen molar-refractivity contribution >= 4 is 27.5 Å². The maximum atomic E-state index is 13.1. The molecule has 0 atom stereocenters. The van der Waals surface area contributed by atoms with E-state index in [4.69, 9.17) is 10.6 Å². The van der Waals surface area contributed by atoms with Crippen molar-refractivity contribution in [1.82, 2.24) is 9.55 Å². The van der Waals surface area contributed by atoms with Crippen LogP contribution >= 0.6 is 11.3 Å². The zero-order chi connectivity index (χ0) is 16.0. The Kier molecular flexibility index (Phi) is 3.32. The first-order chi connectivity index (χ1) is 11.2. The van der Waals surface area contributed by atoms with Crippen LogP contribution in [-0.4, -0.2) is 16.7 Å². The van der Waals surface area contributed by atoms with Crippen LogP contribution in [0.3, 0.4) is 0 Å². The third-order valence-corrected chi connectivity index (χ3v) is 5.38. The van der Waals surface area contributed by atoms with E-state index in [0.29, 0.717) is 11.6 Å². The van der Waals surface area contributed by atoms with Crippen molar-refractivity contribution in [3.63, 3.8) is 0 Å². The van der Waals surface area contributed by atoms with E-state index in [0.717, 1.165) is 40.8 Å². The fraction of sp³-hybridized carbons (Fsp3) is 0.250. The van der Waals surface area contributed by atoms with Gasteiger partial charge >= 0.3 is 0 Å². The summed E-state index contributed by atoms with van der Waals surface area (Å²) in [6.07, 6.45) is 3.09. The van der Waals surface area contributed by atoms with E-state index in [-0.39, 0.29) is 5.56 Å². The van der Waals surface area contributed by atoms with Crippen molar-refractivity contribution in [3.05, 3.63) is 45.1 Å². The number of hydrazine groups is 1. The summed E-state index contributed by atoms with van der Waals surface area (Å²) in [5.74, 6) is 6.67. The molecule has 0 saturated carbocycles. The van der Waals surface area contributed by atoms with Crippen LogP contribution in [0, 0.1) is 0 Å². The highest BCUT2D eigenvalue weighted by atomic mass is 32.1. The molecule has 0 unspecified atom stereocenters. The fourth-order valence-electron chi connectivity index (χ4n) is 3.11. The third kappa shape index (κ3) is 2.12. The number of nitrogens with two attached hydrogens (primary N) is 1. The molecule has 1 aliphatic carbocycles. The highest BCUT2D eigenvalue weighted by Gasteiger charge is 2.23. The predicted molar refractivity (Wildman–Crippen MR) is 91.6 cm³/mol. The molecule has 1 aromatic carbocycles. The number of ether oxygens (including phenoxy) is 1. The molecule has 0 bridgehead atoms. The number of nitrogen functional groups attached to an aromatic ring is 1. The Hall–Kier alpha value is -2.38. The fourth-order valence-corrected chi connectivity index (χ4v) is 4.36. The standard InChI is InChI=1S/C16H16N4O2S/c1-22-10-7-5-9(6-8-10)20-15(21)13-11-3-2-4-12(11)23-14(13)18-16(20)19-17/h5-8H,2-4,17H2,1H3,(H,18,19). The Labute approximate surface area is 136 Å². The Morgan fingerprint density at radius 1 is 1.30 bits per heavy atom. The molecule has 3 aromatic rings. The van der Waals surface area contributed by atoms with Gasteiger partial charge in [-0.15, -0.1) is 11.3 Å². The van der Waals surface area contributed by atoms with Gasteiger partial charge in [0.2, 0.25) is 5.95 Å². The molecule has 2 heterocycles. The topological polar surface area (TPSA) is 82.2 Å². The number of nitrogens with zero attached hydrogens (tertiary/aromatic N) is 2. The summed E-state index contributed by atoms with van der Waals surface area (Å²) < 4.78 is 6.69. The summed E-state index contributed by atoms with van der Waals surface area (Å²) >= 11 is 1.60. The smallest absolute Gasteiger partial charge is 0.268 e. The quantitative estimate of drug-likeness (QED) is 0.569. The Morgan fingerprint density at radius 3 is 2.78 bits per heavy atom.